The topological polar surface area (TPSA) is 91.3 Å². The minimum atomic E-state index is -1.28. The monoisotopic (exact) mass is 243 g/mol. The summed E-state index contributed by atoms with van der Waals surface area (Å²) in [5, 5.41) is 16.2. The molecule has 0 aliphatic heterocycles. The number of carboxylic acids is 1. The van der Waals surface area contributed by atoms with E-state index in [1.807, 2.05) is 0 Å². The van der Waals surface area contributed by atoms with Crippen LogP contribution in [0.1, 0.15) is 18.9 Å². The van der Waals surface area contributed by atoms with E-state index in [0.717, 1.165) is 5.01 Å². The maximum Gasteiger partial charge on any atom is 0.328 e. The van der Waals surface area contributed by atoms with Gasteiger partial charge in [0.2, 0.25) is 0 Å². The number of rotatable bonds is 4. The highest BCUT2D eigenvalue weighted by Crippen LogP contribution is 2.04. The van der Waals surface area contributed by atoms with Crippen LogP contribution < -0.4 is 10.6 Å². The summed E-state index contributed by atoms with van der Waals surface area (Å²) in [4.78, 5) is 26.1. The summed E-state index contributed by atoms with van der Waals surface area (Å²) < 4.78 is 0. The van der Waals surface area contributed by atoms with Gasteiger partial charge in [-0.15, -0.1) is 11.3 Å². The number of nitrogens with one attached hydrogen (secondary N) is 2. The molecule has 0 spiro atoms. The molecule has 0 bridgehead atoms. The summed E-state index contributed by atoms with van der Waals surface area (Å²) in [6.45, 7) is 3.12. The van der Waals surface area contributed by atoms with Gasteiger partial charge in [0, 0.05) is 11.6 Å². The van der Waals surface area contributed by atoms with Gasteiger partial charge in [0.15, 0.2) is 0 Å². The highest BCUT2D eigenvalue weighted by molar-refractivity contribution is 7.09. The number of carbonyl (C=O) groups is 2. The van der Waals surface area contributed by atoms with Crippen molar-refractivity contribution in [1.29, 1.82) is 0 Å². The molecule has 1 aromatic rings. The molecule has 0 atom stereocenters. The molecule has 1 rings (SSSR count). The predicted molar refractivity (Wildman–Crippen MR) is 59.2 cm³/mol. The first-order valence-corrected chi connectivity index (χ1v) is 5.47. The Morgan fingerprint density at radius 1 is 1.56 bits per heavy atom. The molecule has 0 aliphatic carbocycles. The third kappa shape index (κ3) is 3.50. The van der Waals surface area contributed by atoms with Gasteiger partial charge in [0.1, 0.15) is 10.5 Å². The molecule has 0 aliphatic rings. The van der Waals surface area contributed by atoms with Gasteiger partial charge in [-0.05, 0) is 13.8 Å². The molecule has 1 aromatic heterocycles. The third-order valence-electron chi connectivity index (χ3n) is 1.84. The first-order valence-electron chi connectivity index (χ1n) is 4.59. The normalized spacial score (nSPS) is 10.9. The van der Waals surface area contributed by atoms with Gasteiger partial charge in [-0.3, -0.25) is 0 Å². The second-order valence-corrected chi connectivity index (χ2v) is 4.64. The Kier molecular flexibility index (Phi) is 3.83. The number of hydrogen-bond acceptors (Lipinski definition) is 4. The van der Waals surface area contributed by atoms with E-state index in [1.54, 1.807) is 11.6 Å². The van der Waals surface area contributed by atoms with Gasteiger partial charge in [0.25, 0.3) is 0 Å². The number of amides is 2. The molecule has 0 fully saturated rings. The van der Waals surface area contributed by atoms with Crippen molar-refractivity contribution in [3.63, 3.8) is 0 Å². The lowest BCUT2D eigenvalue weighted by Gasteiger charge is -2.20. The van der Waals surface area contributed by atoms with E-state index < -0.39 is 17.5 Å². The van der Waals surface area contributed by atoms with Crippen molar-refractivity contribution in [2.24, 2.45) is 0 Å². The molecule has 0 saturated carbocycles. The minimum absolute atomic E-state index is 0.291. The summed E-state index contributed by atoms with van der Waals surface area (Å²) in [6, 6.07) is -0.525. The number of carbonyl (C=O) groups excluding carboxylic acids is 1. The van der Waals surface area contributed by atoms with Crippen molar-refractivity contribution in [3.05, 3.63) is 16.6 Å². The number of thiazole rings is 1. The van der Waals surface area contributed by atoms with Crippen LogP contribution in [0.3, 0.4) is 0 Å². The SMILES string of the molecule is CC(C)(NC(=O)NCc1nccs1)C(=O)O. The van der Waals surface area contributed by atoms with E-state index in [1.165, 1.54) is 25.2 Å². The van der Waals surface area contributed by atoms with Gasteiger partial charge in [-0.2, -0.15) is 0 Å². The molecule has 16 heavy (non-hydrogen) atoms. The molecule has 0 saturated heterocycles. The van der Waals surface area contributed by atoms with E-state index in [9.17, 15) is 9.59 Å². The van der Waals surface area contributed by atoms with Crippen molar-refractivity contribution in [1.82, 2.24) is 15.6 Å². The Bertz CT molecular complexity index is 375. The fourth-order valence-electron chi connectivity index (χ4n) is 0.878. The van der Waals surface area contributed by atoms with Crippen LogP contribution in [0.25, 0.3) is 0 Å². The average Bonchev–Trinajstić information content (AvgIpc) is 2.66. The Morgan fingerprint density at radius 2 is 2.25 bits per heavy atom. The first-order chi connectivity index (χ1) is 7.42. The largest absolute Gasteiger partial charge is 0.480 e. The second-order valence-electron chi connectivity index (χ2n) is 3.66. The third-order valence-corrected chi connectivity index (χ3v) is 2.62. The van der Waals surface area contributed by atoms with Gasteiger partial charge in [0.05, 0.1) is 6.54 Å². The van der Waals surface area contributed by atoms with E-state index >= 15 is 0 Å². The van der Waals surface area contributed by atoms with Crippen LogP contribution in [0.2, 0.25) is 0 Å². The number of carboxylic acid groups (broad SMARTS) is 1. The summed E-state index contributed by atoms with van der Waals surface area (Å²) in [5.41, 5.74) is -1.28. The molecule has 7 heteroatoms. The van der Waals surface area contributed by atoms with Gasteiger partial charge < -0.3 is 15.7 Å². The van der Waals surface area contributed by atoms with Crippen LogP contribution in [0.5, 0.6) is 0 Å². The molecule has 1 heterocycles. The number of urea groups is 1. The zero-order valence-corrected chi connectivity index (χ0v) is 9.80. The van der Waals surface area contributed by atoms with E-state index in [4.69, 9.17) is 5.11 Å². The maximum absolute atomic E-state index is 11.3. The molecule has 0 aromatic carbocycles. The van der Waals surface area contributed by atoms with Crippen LogP contribution in [0, 0.1) is 0 Å². The summed E-state index contributed by atoms with van der Waals surface area (Å²) in [7, 11) is 0. The van der Waals surface area contributed by atoms with E-state index in [2.05, 4.69) is 15.6 Å². The molecule has 6 nitrogen and oxygen atoms in total. The molecular weight excluding hydrogens is 230 g/mol. The second kappa shape index (κ2) is 4.93. The van der Waals surface area contributed by atoms with Gasteiger partial charge in [-0.1, -0.05) is 0 Å². The zero-order chi connectivity index (χ0) is 12.2. The lowest BCUT2D eigenvalue weighted by molar-refractivity contribution is -0.142. The smallest absolute Gasteiger partial charge is 0.328 e. The van der Waals surface area contributed by atoms with Crippen molar-refractivity contribution in [3.8, 4) is 0 Å². The highest BCUT2D eigenvalue weighted by Gasteiger charge is 2.28. The molecule has 88 valence electrons. The van der Waals surface area contributed by atoms with Crippen LogP contribution in [-0.4, -0.2) is 27.6 Å². The fraction of sp³-hybridized carbons (Fsp3) is 0.444. The van der Waals surface area contributed by atoms with Crippen LogP contribution >= 0.6 is 11.3 Å². The minimum Gasteiger partial charge on any atom is -0.480 e. The van der Waals surface area contributed by atoms with Gasteiger partial charge in [-0.25, -0.2) is 14.6 Å². The Hall–Kier alpha value is -1.63. The Labute approximate surface area is 96.7 Å². The molecular formula is C9H13N3O3S. The molecule has 0 unspecified atom stereocenters. The first kappa shape index (κ1) is 12.4. The maximum atomic E-state index is 11.3. The Morgan fingerprint density at radius 3 is 2.75 bits per heavy atom. The highest BCUT2D eigenvalue weighted by atomic mass is 32.1. The van der Waals surface area contributed by atoms with Crippen molar-refractivity contribution in [2.75, 3.05) is 0 Å². The van der Waals surface area contributed by atoms with E-state index in [0.29, 0.717) is 6.54 Å². The van der Waals surface area contributed by atoms with Crippen LogP contribution in [0.15, 0.2) is 11.6 Å². The molecule has 3 N–H and O–H groups in total. The standard InChI is InChI=1S/C9H13N3O3S/c1-9(2,7(13)14)12-8(15)11-5-6-10-3-4-16-6/h3-4H,5H2,1-2H3,(H,13,14)(H2,11,12,15). The predicted octanol–water partition coefficient (Wildman–Crippen LogP) is 0.805. The lowest BCUT2D eigenvalue weighted by Crippen LogP contribution is -2.52. The molecule has 2 amide bonds. The van der Waals surface area contributed by atoms with Crippen LogP contribution in [-0.2, 0) is 11.3 Å². The number of nitrogens with zero attached hydrogens (tertiary/aromatic N) is 1. The fourth-order valence-corrected chi connectivity index (χ4v) is 1.43. The summed E-state index contributed by atoms with van der Waals surface area (Å²) >= 11 is 1.42. The average molecular weight is 243 g/mol. The van der Waals surface area contributed by atoms with Crippen molar-refractivity contribution < 1.29 is 14.7 Å². The van der Waals surface area contributed by atoms with Crippen LogP contribution in [0.4, 0.5) is 4.79 Å². The summed E-state index contributed by atoms with van der Waals surface area (Å²) in [6.07, 6.45) is 1.64. The number of aliphatic carboxylic acids is 1. The number of aromatic nitrogens is 1. The van der Waals surface area contributed by atoms with Crippen molar-refractivity contribution in [2.45, 2.75) is 25.9 Å². The Balaban J connectivity index is 2.39. The lowest BCUT2D eigenvalue weighted by atomic mass is 10.1. The summed E-state index contributed by atoms with van der Waals surface area (Å²) in [5.74, 6) is -1.09. The molecule has 0 radical (unpaired) electrons. The number of hydrogen-bond donors (Lipinski definition) is 3. The zero-order valence-electron chi connectivity index (χ0n) is 8.98. The quantitative estimate of drug-likeness (QED) is 0.729. The van der Waals surface area contributed by atoms with E-state index in [-0.39, 0.29) is 0 Å². The van der Waals surface area contributed by atoms with Gasteiger partial charge >= 0.3 is 12.0 Å². The van der Waals surface area contributed by atoms with Crippen molar-refractivity contribution >= 4 is 23.3 Å².